The number of rotatable bonds is 6. The van der Waals surface area contributed by atoms with Crippen LogP contribution >= 0.6 is 0 Å². The highest BCUT2D eigenvalue weighted by Gasteiger charge is 2.05. The number of carbonyl (C=O) groups excluding carboxylic acids is 1. The summed E-state index contributed by atoms with van der Waals surface area (Å²) in [5, 5.41) is 13.8. The number of anilines is 1. The number of aromatic nitrogens is 4. The fourth-order valence-corrected chi connectivity index (χ4v) is 2.14. The van der Waals surface area contributed by atoms with Gasteiger partial charge in [0.1, 0.15) is 12.1 Å². The zero-order valence-electron chi connectivity index (χ0n) is 13.2. The van der Waals surface area contributed by atoms with Crippen LogP contribution in [0.1, 0.15) is 12.5 Å². The second kappa shape index (κ2) is 7.36. The lowest BCUT2D eigenvalue weighted by molar-refractivity contribution is -0.118. The molecule has 3 aromatic rings. The molecule has 0 unspecified atom stereocenters. The summed E-state index contributed by atoms with van der Waals surface area (Å²) in [6.07, 6.45) is 2.48. The Balaban J connectivity index is 1.52. The van der Waals surface area contributed by atoms with Crippen molar-refractivity contribution in [2.45, 2.75) is 13.3 Å². The molecule has 0 saturated heterocycles. The molecule has 0 aliphatic carbocycles. The number of tetrazole rings is 1. The number of amides is 1. The summed E-state index contributed by atoms with van der Waals surface area (Å²) >= 11 is 0. The van der Waals surface area contributed by atoms with E-state index < -0.39 is 0 Å². The summed E-state index contributed by atoms with van der Waals surface area (Å²) in [7, 11) is 0. The molecule has 0 atom stereocenters. The first-order chi connectivity index (χ1) is 11.7. The molecule has 24 heavy (non-hydrogen) atoms. The van der Waals surface area contributed by atoms with Gasteiger partial charge in [0.05, 0.1) is 5.69 Å². The van der Waals surface area contributed by atoms with Crippen LogP contribution in [0, 0.1) is 0 Å². The number of ether oxygens (including phenoxy) is 1. The summed E-state index contributed by atoms with van der Waals surface area (Å²) < 4.78 is 7.02. The fourth-order valence-electron chi connectivity index (χ4n) is 2.14. The second-order valence-corrected chi connectivity index (χ2v) is 5.14. The maximum absolute atomic E-state index is 11.9. The van der Waals surface area contributed by atoms with Crippen molar-refractivity contribution in [3.8, 4) is 11.4 Å². The van der Waals surface area contributed by atoms with E-state index in [1.807, 2.05) is 36.4 Å². The van der Waals surface area contributed by atoms with Crippen LogP contribution in [0.3, 0.4) is 0 Å². The number of nitrogens with one attached hydrogen (secondary N) is 1. The zero-order chi connectivity index (χ0) is 16.8. The Morgan fingerprint density at radius 1 is 1.12 bits per heavy atom. The van der Waals surface area contributed by atoms with Crippen LogP contribution < -0.4 is 10.1 Å². The smallest absolute Gasteiger partial charge is 0.262 e. The molecule has 1 N–H and O–H groups in total. The lowest BCUT2D eigenvalue weighted by atomic mass is 10.1. The van der Waals surface area contributed by atoms with E-state index in [9.17, 15) is 4.79 Å². The highest BCUT2D eigenvalue weighted by molar-refractivity contribution is 5.91. The molecule has 0 aliphatic heterocycles. The number of hydrogen-bond acceptors (Lipinski definition) is 5. The first kappa shape index (κ1) is 15.7. The summed E-state index contributed by atoms with van der Waals surface area (Å²) in [6.45, 7) is 2.03. The largest absolute Gasteiger partial charge is 0.484 e. The second-order valence-electron chi connectivity index (χ2n) is 5.14. The summed E-state index contributed by atoms with van der Waals surface area (Å²) in [6, 6.07) is 14.9. The highest BCUT2D eigenvalue weighted by Crippen LogP contribution is 2.14. The monoisotopic (exact) mass is 323 g/mol. The zero-order valence-corrected chi connectivity index (χ0v) is 13.2. The van der Waals surface area contributed by atoms with Crippen LogP contribution in [0.2, 0.25) is 0 Å². The van der Waals surface area contributed by atoms with Gasteiger partial charge < -0.3 is 10.1 Å². The lowest BCUT2D eigenvalue weighted by Gasteiger charge is -2.08. The Kier molecular flexibility index (Phi) is 4.81. The number of nitrogens with zero attached hydrogens (tertiary/aromatic N) is 4. The number of benzene rings is 2. The molecule has 2 aromatic carbocycles. The van der Waals surface area contributed by atoms with Crippen molar-refractivity contribution < 1.29 is 9.53 Å². The van der Waals surface area contributed by atoms with Gasteiger partial charge in [-0.15, -0.1) is 5.10 Å². The van der Waals surface area contributed by atoms with Crippen molar-refractivity contribution >= 4 is 11.6 Å². The van der Waals surface area contributed by atoms with E-state index in [1.165, 1.54) is 16.6 Å². The van der Waals surface area contributed by atoms with E-state index in [1.54, 1.807) is 12.1 Å². The molecular formula is C17H17N5O2. The number of hydrogen-bond donors (Lipinski definition) is 1. The molecule has 0 radical (unpaired) electrons. The van der Waals surface area contributed by atoms with Gasteiger partial charge in [-0.05, 0) is 58.8 Å². The Morgan fingerprint density at radius 2 is 1.88 bits per heavy atom. The molecule has 1 aromatic heterocycles. The maximum atomic E-state index is 11.9. The van der Waals surface area contributed by atoms with Gasteiger partial charge in [-0.1, -0.05) is 19.1 Å². The van der Waals surface area contributed by atoms with Crippen molar-refractivity contribution in [3.63, 3.8) is 0 Å². The standard InChI is InChI=1S/C17H17N5O2/c1-2-13-3-5-14(6-4-13)19-17(23)11-24-16-9-7-15(8-10-16)22-12-18-20-21-22/h3-10,12H,2,11H2,1H3,(H,19,23). The van der Waals surface area contributed by atoms with E-state index in [4.69, 9.17) is 4.74 Å². The average molecular weight is 323 g/mol. The van der Waals surface area contributed by atoms with E-state index in [0.29, 0.717) is 5.75 Å². The van der Waals surface area contributed by atoms with Gasteiger partial charge in [0.15, 0.2) is 6.61 Å². The highest BCUT2D eigenvalue weighted by atomic mass is 16.5. The van der Waals surface area contributed by atoms with E-state index in [0.717, 1.165) is 17.8 Å². The molecule has 0 aliphatic rings. The maximum Gasteiger partial charge on any atom is 0.262 e. The quantitative estimate of drug-likeness (QED) is 0.752. The molecule has 0 saturated carbocycles. The van der Waals surface area contributed by atoms with Crippen molar-refractivity contribution in [2.24, 2.45) is 0 Å². The molecule has 1 amide bonds. The minimum absolute atomic E-state index is 0.0558. The van der Waals surface area contributed by atoms with Crippen LogP contribution in [0.25, 0.3) is 5.69 Å². The minimum atomic E-state index is -0.205. The minimum Gasteiger partial charge on any atom is -0.484 e. The first-order valence-electron chi connectivity index (χ1n) is 7.59. The van der Waals surface area contributed by atoms with Crippen molar-refractivity contribution in [1.29, 1.82) is 0 Å². The van der Waals surface area contributed by atoms with Crippen LogP contribution in [-0.4, -0.2) is 32.7 Å². The molecule has 7 heteroatoms. The number of aryl methyl sites for hydroxylation is 1. The summed E-state index contributed by atoms with van der Waals surface area (Å²) in [4.78, 5) is 11.9. The normalized spacial score (nSPS) is 10.4. The number of carbonyl (C=O) groups is 1. The third kappa shape index (κ3) is 3.95. The Morgan fingerprint density at radius 3 is 2.50 bits per heavy atom. The fraction of sp³-hybridized carbons (Fsp3) is 0.176. The molecular weight excluding hydrogens is 306 g/mol. The average Bonchev–Trinajstić information content (AvgIpc) is 3.16. The third-order valence-electron chi connectivity index (χ3n) is 3.47. The van der Waals surface area contributed by atoms with E-state index in [-0.39, 0.29) is 12.5 Å². The SMILES string of the molecule is CCc1ccc(NC(=O)COc2ccc(-n3cnnn3)cc2)cc1. The van der Waals surface area contributed by atoms with Crippen molar-refractivity contribution in [2.75, 3.05) is 11.9 Å². The van der Waals surface area contributed by atoms with Gasteiger partial charge in [0, 0.05) is 5.69 Å². The van der Waals surface area contributed by atoms with Crippen LogP contribution in [0.5, 0.6) is 5.75 Å². The van der Waals surface area contributed by atoms with Gasteiger partial charge in [0.25, 0.3) is 5.91 Å². The van der Waals surface area contributed by atoms with Gasteiger partial charge in [-0.2, -0.15) is 0 Å². The predicted octanol–water partition coefficient (Wildman–Crippen LogP) is 2.24. The first-order valence-corrected chi connectivity index (χ1v) is 7.59. The lowest BCUT2D eigenvalue weighted by Crippen LogP contribution is -2.20. The summed E-state index contributed by atoms with van der Waals surface area (Å²) in [5.41, 5.74) is 2.80. The van der Waals surface area contributed by atoms with Gasteiger partial charge >= 0.3 is 0 Å². The predicted molar refractivity (Wildman–Crippen MR) is 89.1 cm³/mol. The van der Waals surface area contributed by atoms with Crippen molar-refractivity contribution in [1.82, 2.24) is 20.2 Å². The van der Waals surface area contributed by atoms with Crippen LogP contribution in [0.4, 0.5) is 5.69 Å². The molecule has 0 spiro atoms. The van der Waals surface area contributed by atoms with Crippen molar-refractivity contribution in [3.05, 3.63) is 60.4 Å². The third-order valence-corrected chi connectivity index (χ3v) is 3.47. The van der Waals surface area contributed by atoms with Crippen LogP contribution in [-0.2, 0) is 11.2 Å². The molecule has 0 fully saturated rings. The Labute approximate surface area is 139 Å². The Bertz CT molecular complexity index is 783. The van der Waals surface area contributed by atoms with E-state index >= 15 is 0 Å². The molecule has 7 nitrogen and oxygen atoms in total. The molecule has 122 valence electrons. The van der Waals surface area contributed by atoms with E-state index in [2.05, 4.69) is 27.8 Å². The summed E-state index contributed by atoms with van der Waals surface area (Å²) in [5.74, 6) is 0.395. The van der Waals surface area contributed by atoms with Gasteiger partial charge in [0.2, 0.25) is 0 Å². The van der Waals surface area contributed by atoms with Gasteiger partial charge in [-0.3, -0.25) is 4.79 Å². The molecule has 1 heterocycles. The van der Waals surface area contributed by atoms with Crippen LogP contribution in [0.15, 0.2) is 54.9 Å². The molecule has 3 rings (SSSR count). The van der Waals surface area contributed by atoms with Gasteiger partial charge in [-0.25, -0.2) is 4.68 Å². The molecule has 0 bridgehead atoms. The Hall–Kier alpha value is -3.22. The topological polar surface area (TPSA) is 81.9 Å².